The molecule has 1 heterocycles. The molecule has 5 nitrogen and oxygen atoms in total. The van der Waals surface area contributed by atoms with Crippen LogP contribution in [0.15, 0.2) is 24.3 Å². The number of carbonyl (C=O) groups is 1. The molecule has 22 heavy (non-hydrogen) atoms. The minimum atomic E-state index is -1.03. The summed E-state index contributed by atoms with van der Waals surface area (Å²) in [4.78, 5) is 20.4. The third kappa shape index (κ3) is 3.36. The van der Waals surface area contributed by atoms with Gasteiger partial charge < -0.3 is 10.4 Å². The second-order valence-electron chi connectivity index (χ2n) is 5.15. The molecule has 0 amide bonds. The van der Waals surface area contributed by atoms with Crippen LogP contribution in [-0.2, 0) is 0 Å². The zero-order valence-corrected chi connectivity index (χ0v) is 13.5. The molecule has 0 aliphatic rings. The van der Waals surface area contributed by atoms with Gasteiger partial charge in [0.2, 0.25) is 0 Å². The summed E-state index contributed by atoms with van der Waals surface area (Å²) in [5.74, 6) is -0.222. The van der Waals surface area contributed by atoms with Crippen LogP contribution in [0.3, 0.4) is 0 Å². The molecule has 0 radical (unpaired) electrons. The Hall–Kier alpha value is -2.14. The minimum Gasteiger partial charge on any atom is -0.477 e. The van der Waals surface area contributed by atoms with Crippen LogP contribution >= 0.6 is 11.6 Å². The van der Waals surface area contributed by atoms with Crippen molar-refractivity contribution in [3.8, 4) is 11.4 Å². The van der Waals surface area contributed by atoms with Crippen LogP contribution in [-0.4, -0.2) is 27.6 Å². The van der Waals surface area contributed by atoms with Crippen LogP contribution < -0.4 is 5.32 Å². The molecular weight excluding hydrogens is 302 g/mol. The van der Waals surface area contributed by atoms with Gasteiger partial charge in [-0.1, -0.05) is 25.4 Å². The zero-order chi connectivity index (χ0) is 16.3. The Morgan fingerprint density at radius 2 is 1.91 bits per heavy atom. The van der Waals surface area contributed by atoms with Crippen molar-refractivity contribution in [2.75, 3.05) is 11.9 Å². The normalized spacial score (nSPS) is 10.8. The van der Waals surface area contributed by atoms with E-state index in [1.165, 1.54) is 0 Å². The number of hydrogen-bond donors (Lipinski definition) is 2. The molecule has 0 unspecified atom stereocenters. The van der Waals surface area contributed by atoms with Gasteiger partial charge in [0.05, 0.1) is 5.69 Å². The molecule has 0 spiro atoms. The smallest absolute Gasteiger partial charge is 0.341 e. The summed E-state index contributed by atoms with van der Waals surface area (Å²) in [7, 11) is 0. The van der Waals surface area contributed by atoms with E-state index < -0.39 is 5.97 Å². The number of aromatic carboxylic acids is 1. The van der Waals surface area contributed by atoms with E-state index in [4.69, 9.17) is 11.6 Å². The highest BCUT2D eigenvalue weighted by Gasteiger charge is 2.22. The minimum absolute atomic E-state index is 0.0300. The van der Waals surface area contributed by atoms with Crippen LogP contribution in [0.5, 0.6) is 0 Å². The number of aromatic nitrogens is 2. The summed E-state index contributed by atoms with van der Waals surface area (Å²) in [6.45, 7) is 6.30. The summed E-state index contributed by atoms with van der Waals surface area (Å²) in [6.07, 6.45) is 0. The largest absolute Gasteiger partial charge is 0.477 e. The van der Waals surface area contributed by atoms with E-state index in [1.54, 1.807) is 12.1 Å². The van der Waals surface area contributed by atoms with Crippen LogP contribution in [0.1, 0.15) is 42.7 Å². The van der Waals surface area contributed by atoms with Crippen molar-refractivity contribution in [3.05, 3.63) is 40.5 Å². The Bertz CT molecular complexity index is 685. The maximum Gasteiger partial charge on any atom is 0.341 e. The van der Waals surface area contributed by atoms with E-state index in [1.807, 2.05) is 32.9 Å². The van der Waals surface area contributed by atoms with Gasteiger partial charge in [-0.05, 0) is 37.1 Å². The number of carboxylic acids is 1. The lowest BCUT2D eigenvalue weighted by Crippen LogP contribution is -2.15. The molecule has 6 heteroatoms. The van der Waals surface area contributed by atoms with Crippen molar-refractivity contribution >= 4 is 23.4 Å². The third-order valence-electron chi connectivity index (χ3n) is 3.14. The van der Waals surface area contributed by atoms with Crippen molar-refractivity contribution in [3.63, 3.8) is 0 Å². The van der Waals surface area contributed by atoms with Crippen LogP contribution in [0.2, 0.25) is 5.02 Å². The van der Waals surface area contributed by atoms with Crippen molar-refractivity contribution in [1.82, 2.24) is 9.97 Å². The molecule has 1 aromatic heterocycles. The highest BCUT2D eigenvalue weighted by Crippen LogP contribution is 2.27. The van der Waals surface area contributed by atoms with Gasteiger partial charge in [-0.25, -0.2) is 14.8 Å². The van der Waals surface area contributed by atoms with Gasteiger partial charge in [-0.2, -0.15) is 0 Å². The second-order valence-corrected chi connectivity index (χ2v) is 5.59. The van der Waals surface area contributed by atoms with Crippen LogP contribution in [0.4, 0.5) is 5.82 Å². The number of rotatable bonds is 5. The van der Waals surface area contributed by atoms with Crippen molar-refractivity contribution in [1.29, 1.82) is 0 Å². The van der Waals surface area contributed by atoms with E-state index in [-0.39, 0.29) is 11.5 Å². The fourth-order valence-electron chi connectivity index (χ4n) is 2.13. The predicted molar refractivity (Wildman–Crippen MR) is 87.7 cm³/mol. The number of nitrogens with zero attached hydrogens (tertiary/aromatic N) is 2. The molecule has 0 saturated heterocycles. The molecular formula is C16H18ClN3O2. The van der Waals surface area contributed by atoms with E-state index in [2.05, 4.69) is 15.3 Å². The Labute approximate surface area is 134 Å². The molecule has 0 aliphatic heterocycles. The Morgan fingerprint density at radius 3 is 2.41 bits per heavy atom. The van der Waals surface area contributed by atoms with E-state index in [0.29, 0.717) is 28.9 Å². The van der Waals surface area contributed by atoms with E-state index in [0.717, 1.165) is 5.56 Å². The first kappa shape index (κ1) is 16.2. The van der Waals surface area contributed by atoms with Gasteiger partial charge in [0.15, 0.2) is 5.82 Å². The molecule has 0 fully saturated rings. The van der Waals surface area contributed by atoms with Crippen LogP contribution in [0.25, 0.3) is 11.4 Å². The summed E-state index contributed by atoms with van der Waals surface area (Å²) in [5.41, 5.74) is 1.44. The highest BCUT2D eigenvalue weighted by molar-refractivity contribution is 6.30. The fourth-order valence-corrected chi connectivity index (χ4v) is 2.26. The van der Waals surface area contributed by atoms with Crippen LogP contribution in [0, 0.1) is 0 Å². The van der Waals surface area contributed by atoms with Gasteiger partial charge in [0.25, 0.3) is 0 Å². The number of anilines is 1. The molecule has 0 aliphatic carbocycles. The van der Waals surface area contributed by atoms with Crippen molar-refractivity contribution in [2.24, 2.45) is 0 Å². The molecule has 2 N–H and O–H groups in total. The highest BCUT2D eigenvalue weighted by atomic mass is 35.5. The van der Waals surface area contributed by atoms with E-state index in [9.17, 15) is 9.90 Å². The second kappa shape index (κ2) is 6.75. The molecule has 1 aromatic carbocycles. The fraction of sp³-hybridized carbons (Fsp3) is 0.312. The first-order valence-electron chi connectivity index (χ1n) is 7.09. The van der Waals surface area contributed by atoms with Gasteiger partial charge >= 0.3 is 5.97 Å². The van der Waals surface area contributed by atoms with Gasteiger partial charge in [0, 0.05) is 17.1 Å². The summed E-state index contributed by atoms with van der Waals surface area (Å²) in [5, 5.41) is 13.1. The number of benzene rings is 1. The summed E-state index contributed by atoms with van der Waals surface area (Å²) in [6, 6.07) is 7.15. The molecule has 0 bridgehead atoms. The maximum absolute atomic E-state index is 11.6. The van der Waals surface area contributed by atoms with Crippen molar-refractivity contribution in [2.45, 2.75) is 26.7 Å². The molecule has 0 atom stereocenters. The number of carboxylic acid groups (broad SMARTS) is 1. The lowest BCUT2D eigenvalue weighted by atomic mass is 10.0. The van der Waals surface area contributed by atoms with Crippen molar-refractivity contribution < 1.29 is 9.90 Å². The molecule has 2 rings (SSSR count). The third-order valence-corrected chi connectivity index (χ3v) is 3.40. The monoisotopic (exact) mass is 319 g/mol. The van der Waals surface area contributed by atoms with Gasteiger partial charge in [-0.15, -0.1) is 0 Å². The average molecular weight is 320 g/mol. The summed E-state index contributed by atoms with van der Waals surface area (Å²) < 4.78 is 0. The average Bonchev–Trinajstić information content (AvgIpc) is 2.47. The SMILES string of the molecule is CCNc1nc(-c2ccc(Cl)cc2)nc(C(C)C)c1C(=O)O. The number of hydrogen-bond acceptors (Lipinski definition) is 4. The molecule has 116 valence electrons. The predicted octanol–water partition coefficient (Wildman–Crippen LogP) is 4.05. The number of nitrogens with one attached hydrogen (secondary N) is 1. The first-order valence-corrected chi connectivity index (χ1v) is 7.46. The summed E-state index contributed by atoms with van der Waals surface area (Å²) >= 11 is 5.90. The Kier molecular flexibility index (Phi) is 4.98. The van der Waals surface area contributed by atoms with Gasteiger partial charge in [0.1, 0.15) is 11.4 Å². The Balaban J connectivity index is 2.66. The first-order chi connectivity index (χ1) is 10.4. The lowest BCUT2D eigenvalue weighted by Gasteiger charge is -2.15. The topological polar surface area (TPSA) is 75.1 Å². The maximum atomic E-state index is 11.6. The van der Waals surface area contributed by atoms with E-state index >= 15 is 0 Å². The zero-order valence-electron chi connectivity index (χ0n) is 12.7. The van der Waals surface area contributed by atoms with Gasteiger partial charge in [-0.3, -0.25) is 0 Å². The lowest BCUT2D eigenvalue weighted by molar-refractivity contribution is 0.0695. The Morgan fingerprint density at radius 1 is 1.27 bits per heavy atom. The molecule has 2 aromatic rings. The molecule has 0 saturated carbocycles. The quantitative estimate of drug-likeness (QED) is 0.869. The standard InChI is InChI=1S/C16H18ClN3O2/c1-4-18-15-12(16(21)22)13(9(2)3)19-14(20-15)10-5-7-11(17)8-6-10/h5-9H,4H2,1-3H3,(H,21,22)(H,18,19,20). The number of halogens is 1.